The van der Waals surface area contributed by atoms with E-state index in [9.17, 15) is 9.90 Å². The topological polar surface area (TPSA) is 64.7 Å². The monoisotopic (exact) mass is 245 g/mol. The molecule has 0 bridgehead atoms. The molecule has 1 atom stereocenters. The molecular weight excluding hydrogens is 224 g/mol. The van der Waals surface area contributed by atoms with Crippen molar-refractivity contribution >= 4 is 5.78 Å². The Bertz CT molecular complexity index is 258. The third-order valence-electron chi connectivity index (χ3n) is 2.59. The number of methoxy groups -OCH3 is 3. The standard InChI is InChI=1S/C12H21O5/c1-9(2)10(13)7-6-8-11(15-3)12(14,16-4)17-5/h11H,1,6-8H2,2-5H3. The van der Waals surface area contributed by atoms with E-state index in [1.165, 1.54) is 21.3 Å². The second-order valence-corrected chi connectivity index (χ2v) is 3.83. The number of rotatable bonds is 9. The zero-order valence-electron chi connectivity index (χ0n) is 10.9. The molecule has 0 aliphatic rings. The van der Waals surface area contributed by atoms with E-state index in [-0.39, 0.29) is 5.78 Å². The van der Waals surface area contributed by atoms with Gasteiger partial charge in [0.1, 0.15) is 6.10 Å². The van der Waals surface area contributed by atoms with Crippen molar-refractivity contribution in [2.24, 2.45) is 0 Å². The molecule has 17 heavy (non-hydrogen) atoms. The van der Waals surface area contributed by atoms with E-state index in [0.717, 1.165) is 0 Å². The van der Waals surface area contributed by atoms with Crippen LogP contribution in [0.15, 0.2) is 12.2 Å². The Morgan fingerprint density at radius 2 is 1.82 bits per heavy atom. The number of allylic oxidation sites excluding steroid dienone is 1. The van der Waals surface area contributed by atoms with Gasteiger partial charge >= 0.3 is 5.97 Å². The van der Waals surface area contributed by atoms with Gasteiger partial charge in [0, 0.05) is 27.8 Å². The van der Waals surface area contributed by atoms with Crippen molar-refractivity contribution < 1.29 is 24.1 Å². The molecule has 0 aromatic heterocycles. The molecule has 0 saturated heterocycles. The minimum atomic E-state index is -2.03. The first-order valence-electron chi connectivity index (χ1n) is 5.43. The Balaban J connectivity index is 4.24. The summed E-state index contributed by atoms with van der Waals surface area (Å²) >= 11 is 0. The van der Waals surface area contributed by atoms with Crippen molar-refractivity contribution in [2.75, 3.05) is 21.3 Å². The molecular formula is C12H21O5. The van der Waals surface area contributed by atoms with Gasteiger partial charge < -0.3 is 14.2 Å². The van der Waals surface area contributed by atoms with Gasteiger partial charge in [-0.1, -0.05) is 6.58 Å². The number of Topliss-reactive ketones (excluding diaryl/α,β-unsaturated/α-hetero) is 1. The molecule has 99 valence electrons. The summed E-state index contributed by atoms with van der Waals surface area (Å²) in [4.78, 5) is 11.3. The van der Waals surface area contributed by atoms with E-state index in [1.54, 1.807) is 6.92 Å². The Kier molecular flexibility index (Phi) is 7.22. The van der Waals surface area contributed by atoms with Crippen LogP contribution in [0.2, 0.25) is 0 Å². The molecule has 5 heteroatoms. The lowest BCUT2D eigenvalue weighted by Crippen LogP contribution is -2.45. The van der Waals surface area contributed by atoms with E-state index >= 15 is 0 Å². The number of carbonyl (C=O) groups excluding carboxylic acids is 1. The predicted octanol–water partition coefficient (Wildman–Crippen LogP) is 1.69. The van der Waals surface area contributed by atoms with Crippen LogP contribution in [0, 0.1) is 0 Å². The number of ketones is 1. The summed E-state index contributed by atoms with van der Waals surface area (Å²) in [6.07, 6.45) is 0.510. The maximum absolute atomic E-state index is 11.9. The molecule has 1 radical (unpaired) electrons. The van der Waals surface area contributed by atoms with Gasteiger partial charge in [-0.25, -0.2) is 0 Å². The van der Waals surface area contributed by atoms with Crippen molar-refractivity contribution in [3.63, 3.8) is 0 Å². The van der Waals surface area contributed by atoms with Crippen LogP contribution in [0.4, 0.5) is 0 Å². The molecule has 0 spiro atoms. The summed E-state index contributed by atoms with van der Waals surface area (Å²) in [6, 6.07) is 0. The molecule has 0 amide bonds. The third-order valence-corrected chi connectivity index (χ3v) is 2.59. The van der Waals surface area contributed by atoms with E-state index in [0.29, 0.717) is 24.8 Å². The zero-order chi connectivity index (χ0) is 13.5. The molecule has 0 N–H and O–H groups in total. The van der Waals surface area contributed by atoms with Crippen LogP contribution in [-0.4, -0.2) is 39.2 Å². The number of carbonyl (C=O) groups is 1. The number of hydrogen-bond donors (Lipinski definition) is 0. The van der Waals surface area contributed by atoms with Gasteiger partial charge in [0.05, 0.1) is 0 Å². The summed E-state index contributed by atoms with van der Waals surface area (Å²) in [5, 5.41) is 11.9. The van der Waals surface area contributed by atoms with Gasteiger partial charge in [0.25, 0.3) is 0 Å². The van der Waals surface area contributed by atoms with Crippen LogP contribution in [0.5, 0.6) is 0 Å². The lowest BCUT2D eigenvalue weighted by molar-refractivity contribution is -0.407. The van der Waals surface area contributed by atoms with Crippen LogP contribution < -0.4 is 0 Å². The lowest BCUT2D eigenvalue weighted by Gasteiger charge is -2.29. The van der Waals surface area contributed by atoms with Crippen molar-refractivity contribution in [3.8, 4) is 0 Å². The fourth-order valence-electron chi connectivity index (χ4n) is 1.45. The Hall–Kier alpha value is -0.750. The molecule has 0 aliphatic heterocycles. The number of ether oxygens (including phenoxy) is 3. The Labute approximate surface area is 102 Å². The van der Waals surface area contributed by atoms with E-state index < -0.39 is 12.1 Å². The number of hydrogen-bond acceptors (Lipinski definition) is 4. The fourth-order valence-corrected chi connectivity index (χ4v) is 1.45. The highest BCUT2D eigenvalue weighted by atomic mass is 16.8. The van der Waals surface area contributed by atoms with Crippen molar-refractivity contribution in [1.29, 1.82) is 0 Å². The van der Waals surface area contributed by atoms with Crippen LogP contribution in [-0.2, 0) is 24.1 Å². The van der Waals surface area contributed by atoms with Gasteiger partial charge in [-0.3, -0.25) is 4.79 Å². The zero-order valence-corrected chi connectivity index (χ0v) is 10.9. The van der Waals surface area contributed by atoms with E-state index in [4.69, 9.17) is 14.2 Å². The average molecular weight is 245 g/mol. The van der Waals surface area contributed by atoms with Gasteiger partial charge in [-0.15, -0.1) is 0 Å². The summed E-state index contributed by atoms with van der Waals surface area (Å²) in [5.41, 5.74) is 0.519. The quantitative estimate of drug-likeness (QED) is 0.458. The van der Waals surface area contributed by atoms with Gasteiger partial charge in [0.2, 0.25) is 0 Å². The fraction of sp³-hybridized carbons (Fsp3) is 0.750. The molecule has 0 fully saturated rings. The summed E-state index contributed by atoms with van der Waals surface area (Å²) in [5.74, 6) is -2.03. The normalized spacial score (nSPS) is 13.5. The Morgan fingerprint density at radius 1 is 1.29 bits per heavy atom. The average Bonchev–Trinajstić information content (AvgIpc) is 2.33. The second-order valence-electron chi connectivity index (χ2n) is 3.83. The van der Waals surface area contributed by atoms with Crippen molar-refractivity contribution in [1.82, 2.24) is 0 Å². The van der Waals surface area contributed by atoms with Crippen LogP contribution >= 0.6 is 0 Å². The molecule has 0 heterocycles. The van der Waals surface area contributed by atoms with Gasteiger partial charge in [-0.05, 0) is 25.3 Å². The lowest BCUT2D eigenvalue weighted by atomic mass is 10.0. The van der Waals surface area contributed by atoms with Gasteiger partial charge in [0.15, 0.2) is 5.78 Å². The maximum Gasteiger partial charge on any atom is 0.338 e. The molecule has 1 unspecified atom stereocenters. The maximum atomic E-state index is 11.9. The smallest absolute Gasteiger partial charge is 0.338 e. The summed E-state index contributed by atoms with van der Waals surface area (Å²) in [7, 11) is 3.94. The minimum Gasteiger partial charge on any atom is -0.373 e. The third kappa shape index (κ3) is 4.95. The van der Waals surface area contributed by atoms with Crippen LogP contribution in [0.3, 0.4) is 0 Å². The van der Waals surface area contributed by atoms with E-state index in [1.807, 2.05) is 0 Å². The van der Waals surface area contributed by atoms with Crippen molar-refractivity contribution in [2.45, 2.75) is 38.3 Å². The molecule has 0 saturated carbocycles. The molecule has 0 aromatic carbocycles. The summed E-state index contributed by atoms with van der Waals surface area (Å²) < 4.78 is 14.5. The highest BCUT2D eigenvalue weighted by Crippen LogP contribution is 2.21. The highest BCUT2D eigenvalue weighted by Gasteiger charge is 2.39. The first-order chi connectivity index (χ1) is 7.91. The minimum absolute atomic E-state index is 0.00816. The van der Waals surface area contributed by atoms with Crippen LogP contribution in [0.1, 0.15) is 26.2 Å². The van der Waals surface area contributed by atoms with Crippen LogP contribution in [0.25, 0.3) is 0 Å². The largest absolute Gasteiger partial charge is 0.373 e. The highest BCUT2D eigenvalue weighted by molar-refractivity contribution is 5.93. The molecule has 0 aromatic rings. The first-order valence-corrected chi connectivity index (χ1v) is 5.43. The molecule has 0 rings (SSSR count). The van der Waals surface area contributed by atoms with E-state index in [2.05, 4.69) is 6.58 Å². The second kappa shape index (κ2) is 7.55. The first kappa shape index (κ1) is 16.2. The molecule has 0 aliphatic carbocycles. The SMILES string of the molecule is C=C(C)C(=O)CCCC(OC)C([O])(OC)OC. The predicted molar refractivity (Wildman–Crippen MR) is 61.9 cm³/mol. The Morgan fingerprint density at radius 3 is 2.18 bits per heavy atom. The van der Waals surface area contributed by atoms with Crippen molar-refractivity contribution in [3.05, 3.63) is 12.2 Å². The van der Waals surface area contributed by atoms with Gasteiger partial charge in [-0.2, -0.15) is 5.11 Å². The molecule has 5 nitrogen and oxygen atoms in total. The summed E-state index contributed by atoms with van der Waals surface area (Å²) in [6.45, 7) is 5.23.